The van der Waals surface area contributed by atoms with Crippen LogP contribution in [0, 0.1) is 5.92 Å². The highest BCUT2D eigenvalue weighted by atomic mass is 16.3. The van der Waals surface area contributed by atoms with Crippen LogP contribution in [0.25, 0.3) is 0 Å². The summed E-state index contributed by atoms with van der Waals surface area (Å²) in [6.45, 7) is 8.26. The zero-order valence-electron chi connectivity index (χ0n) is 14.8. The topological polar surface area (TPSA) is 69.8 Å². The molecular formula is C18H33N3O2. The molecule has 0 amide bonds. The number of furan rings is 1. The third-order valence-electron chi connectivity index (χ3n) is 3.98. The Hall–Kier alpha value is -1.49. The van der Waals surface area contributed by atoms with Gasteiger partial charge in [0.05, 0.1) is 6.26 Å². The van der Waals surface area contributed by atoms with Gasteiger partial charge >= 0.3 is 0 Å². The van der Waals surface area contributed by atoms with Crippen molar-refractivity contribution < 1.29 is 9.52 Å². The fourth-order valence-electron chi connectivity index (χ4n) is 2.39. The molecule has 0 saturated carbocycles. The van der Waals surface area contributed by atoms with Gasteiger partial charge in [-0.1, -0.05) is 20.3 Å². The molecule has 0 saturated heterocycles. The molecule has 0 fully saturated rings. The second-order valence-electron chi connectivity index (χ2n) is 6.07. The van der Waals surface area contributed by atoms with Crippen molar-refractivity contribution in [2.24, 2.45) is 10.9 Å². The summed E-state index contributed by atoms with van der Waals surface area (Å²) in [4.78, 5) is 4.72. The predicted molar refractivity (Wildman–Crippen MR) is 95.7 cm³/mol. The van der Waals surface area contributed by atoms with E-state index in [0.717, 1.165) is 56.9 Å². The van der Waals surface area contributed by atoms with Crippen LogP contribution in [0.1, 0.15) is 52.2 Å². The first-order chi connectivity index (χ1) is 11.2. The maximum atomic E-state index is 9.17. The Morgan fingerprint density at radius 2 is 2.17 bits per heavy atom. The van der Waals surface area contributed by atoms with Crippen LogP contribution in [0.3, 0.4) is 0 Å². The minimum atomic E-state index is 0.236. The van der Waals surface area contributed by atoms with Crippen LogP contribution in [-0.4, -0.2) is 36.8 Å². The van der Waals surface area contributed by atoms with E-state index < -0.39 is 0 Å². The molecule has 0 radical (unpaired) electrons. The van der Waals surface area contributed by atoms with Crippen LogP contribution in [0.4, 0.5) is 0 Å². The van der Waals surface area contributed by atoms with Gasteiger partial charge in [-0.25, -0.2) is 0 Å². The molecule has 0 aliphatic heterocycles. The van der Waals surface area contributed by atoms with E-state index in [2.05, 4.69) is 31.4 Å². The van der Waals surface area contributed by atoms with Crippen LogP contribution in [0.15, 0.2) is 27.8 Å². The van der Waals surface area contributed by atoms with E-state index in [9.17, 15) is 0 Å². The van der Waals surface area contributed by atoms with Crippen molar-refractivity contribution in [1.29, 1.82) is 0 Å². The third-order valence-corrected chi connectivity index (χ3v) is 3.98. The van der Waals surface area contributed by atoms with Crippen molar-refractivity contribution in [2.45, 2.75) is 58.9 Å². The first kappa shape index (κ1) is 19.6. The SMILES string of the molecule is CCCC(CCO)CN=C(NCCc1ccco1)NC(C)CC. The number of aliphatic imine (C=N–C) groups is 1. The van der Waals surface area contributed by atoms with Crippen molar-refractivity contribution in [3.8, 4) is 0 Å². The summed E-state index contributed by atoms with van der Waals surface area (Å²) in [6.07, 6.45) is 6.64. The Bertz CT molecular complexity index is 412. The zero-order chi connectivity index (χ0) is 16.9. The number of hydrogen-bond acceptors (Lipinski definition) is 3. The molecule has 5 heteroatoms. The maximum Gasteiger partial charge on any atom is 0.191 e. The number of rotatable bonds is 11. The molecule has 3 N–H and O–H groups in total. The van der Waals surface area contributed by atoms with Crippen LogP contribution >= 0.6 is 0 Å². The monoisotopic (exact) mass is 323 g/mol. The molecule has 0 bridgehead atoms. The summed E-state index contributed by atoms with van der Waals surface area (Å²) >= 11 is 0. The lowest BCUT2D eigenvalue weighted by molar-refractivity contribution is 0.253. The summed E-state index contributed by atoms with van der Waals surface area (Å²) in [7, 11) is 0. The highest BCUT2D eigenvalue weighted by molar-refractivity contribution is 5.80. The fraction of sp³-hybridized carbons (Fsp3) is 0.722. The number of aliphatic hydroxyl groups excluding tert-OH is 1. The zero-order valence-corrected chi connectivity index (χ0v) is 14.8. The third kappa shape index (κ3) is 8.65. The van der Waals surface area contributed by atoms with Crippen molar-refractivity contribution in [3.05, 3.63) is 24.2 Å². The van der Waals surface area contributed by atoms with Gasteiger partial charge in [-0.05, 0) is 44.2 Å². The van der Waals surface area contributed by atoms with E-state index in [4.69, 9.17) is 14.5 Å². The molecule has 0 aliphatic rings. The minimum absolute atomic E-state index is 0.236. The average molecular weight is 323 g/mol. The smallest absolute Gasteiger partial charge is 0.191 e. The van der Waals surface area contributed by atoms with Crippen molar-refractivity contribution in [1.82, 2.24) is 10.6 Å². The number of guanidine groups is 1. The molecule has 1 rings (SSSR count). The van der Waals surface area contributed by atoms with Gasteiger partial charge in [0.1, 0.15) is 5.76 Å². The molecule has 1 aromatic rings. The molecule has 2 atom stereocenters. The van der Waals surface area contributed by atoms with Crippen LogP contribution < -0.4 is 10.6 Å². The Labute approximate surface area is 140 Å². The van der Waals surface area contributed by atoms with Gasteiger partial charge in [-0.15, -0.1) is 0 Å². The summed E-state index contributed by atoms with van der Waals surface area (Å²) in [5, 5.41) is 16.0. The van der Waals surface area contributed by atoms with Crippen LogP contribution in [0.5, 0.6) is 0 Å². The first-order valence-corrected chi connectivity index (χ1v) is 8.87. The molecule has 0 aromatic carbocycles. The van der Waals surface area contributed by atoms with Gasteiger partial charge in [0.15, 0.2) is 5.96 Å². The highest BCUT2D eigenvalue weighted by Crippen LogP contribution is 2.11. The molecule has 23 heavy (non-hydrogen) atoms. The number of aliphatic hydroxyl groups is 1. The van der Waals surface area contributed by atoms with E-state index in [1.165, 1.54) is 0 Å². The molecule has 0 aliphatic carbocycles. The summed E-state index contributed by atoms with van der Waals surface area (Å²) in [6, 6.07) is 4.28. The summed E-state index contributed by atoms with van der Waals surface area (Å²) in [5.74, 6) is 2.28. The standard InChI is InChI=1S/C18H33N3O2/c1-4-7-16(10-12-22)14-20-18(21-15(3)5-2)19-11-9-17-8-6-13-23-17/h6,8,13,15-16,22H,4-5,7,9-12,14H2,1-3H3,(H2,19,20,21). The highest BCUT2D eigenvalue weighted by Gasteiger charge is 2.09. The lowest BCUT2D eigenvalue weighted by atomic mass is 10.0. The molecule has 0 spiro atoms. The summed E-state index contributed by atoms with van der Waals surface area (Å²) < 4.78 is 5.35. The van der Waals surface area contributed by atoms with E-state index >= 15 is 0 Å². The number of nitrogens with one attached hydrogen (secondary N) is 2. The molecule has 1 aromatic heterocycles. The van der Waals surface area contributed by atoms with Gasteiger partial charge in [-0.3, -0.25) is 4.99 Å². The molecule has 1 heterocycles. The second-order valence-corrected chi connectivity index (χ2v) is 6.07. The lowest BCUT2D eigenvalue weighted by Gasteiger charge is -2.18. The Balaban J connectivity index is 2.52. The van der Waals surface area contributed by atoms with Gasteiger partial charge in [0, 0.05) is 32.2 Å². The Morgan fingerprint density at radius 1 is 1.35 bits per heavy atom. The van der Waals surface area contributed by atoms with E-state index in [0.29, 0.717) is 12.0 Å². The van der Waals surface area contributed by atoms with Crippen molar-refractivity contribution >= 4 is 5.96 Å². The molecule has 132 valence electrons. The van der Waals surface area contributed by atoms with Crippen LogP contribution in [-0.2, 0) is 6.42 Å². The van der Waals surface area contributed by atoms with Crippen LogP contribution in [0.2, 0.25) is 0 Å². The quantitative estimate of drug-likeness (QED) is 0.432. The Morgan fingerprint density at radius 3 is 2.78 bits per heavy atom. The number of hydrogen-bond donors (Lipinski definition) is 3. The Kier molecular flexibility index (Phi) is 10.2. The normalized spacial score (nSPS) is 14.5. The van der Waals surface area contributed by atoms with E-state index in [1.807, 2.05) is 12.1 Å². The van der Waals surface area contributed by atoms with Crippen molar-refractivity contribution in [3.63, 3.8) is 0 Å². The lowest BCUT2D eigenvalue weighted by Crippen LogP contribution is -2.43. The minimum Gasteiger partial charge on any atom is -0.469 e. The predicted octanol–water partition coefficient (Wildman–Crippen LogP) is 2.95. The molecular weight excluding hydrogens is 290 g/mol. The second kappa shape index (κ2) is 12.0. The van der Waals surface area contributed by atoms with Gasteiger partial charge in [-0.2, -0.15) is 0 Å². The van der Waals surface area contributed by atoms with E-state index in [-0.39, 0.29) is 6.61 Å². The van der Waals surface area contributed by atoms with E-state index in [1.54, 1.807) is 6.26 Å². The number of nitrogens with zero attached hydrogens (tertiary/aromatic N) is 1. The molecule has 2 unspecified atom stereocenters. The average Bonchev–Trinajstić information content (AvgIpc) is 3.05. The summed E-state index contributed by atoms with van der Waals surface area (Å²) in [5.41, 5.74) is 0. The van der Waals surface area contributed by atoms with Gasteiger partial charge in [0.25, 0.3) is 0 Å². The van der Waals surface area contributed by atoms with Gasteiger partial charge in [0.2, 0.25) is 0 Å². The largest absolute Gasteiger partial charge is 0.469 e. The molecule has 5 nitrogen and oxygen atoms in total. The van der Waals surface area contributed by atoms with Crippen molar-refractivity contribution in [2.75, 3.05) is 19.7 Å². The van der Waals surface area contributed by atoms with Gasteiger partial charge < -0.3 is 20.2 Å². The maximum absolute atomic E-state index is 9.17. The first-order valence-electron chi connectivity index (χ1n) is 8.87. The fourth-order valence-corrected chi connectivity index (χ4v) is 2.39.